The lowest BCUT2D eigenvalue weighted by molar-refractivity contribution is 0.141. The second kappa shape index (κ2) is 8.57. The van der Waals surface area contributed by atoms with Gasteiger partial charge in [0.2, 0.25) is 10.0 Å². The number of hydrogen-bond acceptors (Lipinski definition) is 6. The van der Waals surface area contributed by atoms with E-state index < -0.39 is 15.8 Å². The van der Waals surface area contributed by atoms with E-state index in [0.717, 1.165) is 41.6 Å². The van der Waals surface area contributed by atoms with Gasteiger partial charge in [0.15, 0.2) is 0 Å². The molecule has 1 aliphatic carbocycles. The van der Waals surface area contributed by atoms with Crippen molar-refractivity contribution in [2.45, 2.75) is 44.0 Å². The lowest BCUT2D eigenvalue weighted by Gasteiger charge is -2.36. The van der Waals surface area contributed by atoms with E-state index >= 15 is 0 Å². The van der Waals surface area contributed by atoms with Gasteiger partial charge in [-0.25, -0.2) is 17.8 Å². The number of piperazine rings is 1. The zero-order valence-electron chi connectivity index (χ0n) is 18.7. The van der Waals surface area contributed by atoms with E-state index in [0.29, 0.717) is 37.9 Å². The summed E-state index contributed by atoms with van der Waals surface area (Å²) >= 11 is 1.63. The van der Waals surface area contributed by atoms with Crippen molar-refractivity contribution in [1.29, 1.82) is 0 Å². The minimum Gasteiger partial charge on any atom is -0.309 e. The van der Waals surface area contributed by atoms with Crippen LogP contribution in [0.2, 0.25) is 0 Å². The lowest BCUT2D eigenvalue weighted by atomic mass is 9.89. The van der Waals surface area contributed by atoms with E-state index in [1.165, 1.54) is 26.9 Å². The van der Waals surface area contributed by atoms with Crippen molar-refractivity contribution < 1.29 is 12.8 Å². The Morgan fingerprint density at radius 3 is 2.58 bits per heavy atom. The average Bonchev–Trinajstić information content (AvgIpc) is 3.16. The molecule has 10 heteroatoms. The van der Waals surface area contributed by atoms with Crippen molar-refractivity contribution in [3.63, 3.8) is 0 Å². The number of aryl methyl sites for hydroxylation is 1. The predicted molar refractivity (Wildman–Crippen MR) is 127 cm³/mol. The number of benzene rings is 1. The molecule has 1 saturated heterocycles. The number of aromatic nitrogens is 2. The van der Waals surface area contributed by atoms with Crippen LogP contribution in [0, 0.1) is 11.7 Å². The highest BCUT2D eigenvalue weighted by molar-refractivity contribution is 7.89. The molecule has 0 saturated carbocycles. The summed E-state index contributed by atoms with van der Waals surface area (Å²) in [5, 5.41) is 0.744. The molecule has 0 unspecified atom stereocenters. The maximum absolute atomic E-state index is 13.2. The molecule has 2 aliphatic rings. The van der Waals surface area contributed by atoms with Crippen LogP contribution in [0.15, 0.2) is 34.0 Å². The molecular weight excluding hydrogens is 463 g/mol. The number of nitrogens with zero attached hydrogens (tertiary/aromatic N) is 3. The largest absolute Gasteiger partial charge is 0.309 e. The van der Waals surface area contributed by atoms with Gasteiger partial charge >= 0.3 is 0 Å². The van der Waals surface area contributed by atoms with E-state index in [4.69, 9.17) is 4.98 Å². The third-order valence-electron chi connectivity index (χ3n) is 6.85. The molecule has 33 heavy (non-hydrogen) atoms. The van der Waals surface area contributed by atoms with Gasteiger partial charge in [-0.15, -0.1) is 11.3 Å². The number of nitrogens with one attached hydrogen (secondary N) is 1. The number of H-pyrrole nitrogens is 1. The topological polar surface area (TPSA) is 86.4 Å². The lowest BCUT2D eigenvalue weighted by Crippen LogP contribution is -2.49. The molecule has 1 fully saturated rings. The Balaban J connectivity index is 1.33. The maximum atomic E-state index is 13.2. The number of rotatable bonds is 4. The summed E-state index contributed by atoms with van der Waals surface area (Å²) in [5.41, 5.74) is 1.09. The van der Waals surface area contributed by atoms with Crippen molar-refractivity contribution in [1.82, 2.24) is 19.2 Å². The zero-order valence-corrected chi connectivity index (χ0v) is 20.3. The van der Waals surface area contributed by atoms with Crippen molar-refractivity contribution in [3.05, 3.63) is 56.7 Å². The van der Waals surface area contributed by atoms with E-state index in [1.54, 1.807) is 11.3 Å². The minimum absolute atomic E-state index is 0.0774. The zero-order chi connectivity index (χ0) is 23.3. The second-order valence-electron chi connectivity index (χ2n) is 9.05. The van der Waals surface area contributed by atoms with Crippen molar-refractivity contribution >= 4 is 31.6 Å². The molecule has 1 N–H and O–H groups in total. The number of thiophene rings is 1. The number of sulfonamides is 1. The van der Waals surface area contributed by atoms with Gasteiger partial charge in [0.25, 0.3) is 5.56 Å². The maximum Gasteiger partial charge on any atom is 0.259 e. The van der Waals surface area contributed by atoms with E-state index in [9.17, 15) is 17.6 Å². The molecule has 176 valence electrons. The molecule has 0 bridgehead atoms. The highest BCUT2D eigenvalue weighted by Crippen LogP contribution is 2.36. The normalized spacial score (nSPS) is 21.2. The SMILES string of the molecule is C[C@H]1CCc2c(sc3nc([C@@H](C)N4CCN(S(=O)(=O)c5ccc(F)cc5)CC4)[nH]c(=O)c23)C1. The summed E-state index contributed by atoms with van der Waals surface area (Å²) in [5.74, 6) is 0.784. The molecule has 2 atom stereocenters. The Hall–Kier alpha value is -2.14. The summed E-state index contributed by atoms with van der Waals surface area (Å²) in [6, 6.07) is 4.77. The summed E-state index contributed by atoms with van der Waals surface area (Å²) in [6.45, 7) is 5.91. The smallest absolute Gasteiger partial charge is 0.259 e. The molecule has 7 nitrogen and oxygen atoms in total. The van der Waals surface area contributed by atoms with Gasteiger partial charge in [0.05, 0.1) is 16.3 Å². The Kier molecular flexibility index (Phi) is 5.88. The van der Waals surface area contributed by atoms with Crippen LogP contribution in [-0.4, -0.2) is 53.8 Å². The van der Waals surface area contributed by atoms with Gasteiger partial charge < -0.3 is 4.98 Å². The standard InChI is InChI=1S/C23H27FN4O3S2/c1-14-3-8-18-19(13-14)32-23-20(18)22(29)25-21(26-23)15(2)27-9-11-28(12-10-27)33(30,31)17-6-4-16(24)5-7-17/h4-7,14-15H,3,8-13H2,1-2H3,(H,25,26,29)/t14-,15+/m0/s1. The Morgan fingerprint density at radius 2 is 1.88 bits per heavy atom. The first-order valence-electron chi connectivity index (χ1n) is 11.3. The van der Waals surface area contributed by atoms with Crippen LogP contribution >= 0.6 is 11.3 Å². The fourth-order valence-corrected chi connectivity index (χ4v) is 7.64. The average molecular weight is 491 g/mol. The minimum atomic E-state index is -3.67. The van der Waals surface area contributed by atoms with Gasteiger partial charge in [-0.05, 0) is 61.9 Å². The van der Waals surface area contributed by atoms with Crippen LogP contribution < -0.4 is 5.56 Å². The molecule has 2 aromatic heterocycles. The van der Waals surface area contributed by atoms with Gasteiger partial charge in [0, 0.05) is 31.1 Å². The van der Waals surface area contributed by atoms with Gasteiger partial charge in [-0.3, -0.25) is 9.69 Å². The van der Waals surface area contributed by atoms with Crippen LogP contribution in [0.4, 0.5) is 4.39 Å². The summed E-state index contributed by atoms with van der Waals surface area (Å²) < 4.78 is 40.4. The Labute approximate surface area is 196 Å². The number of fused-ring (bicyclic) bond motifs is 3. The molecule has 1 aliphatic heterocycles. The highest BCUT2D eigenvalue weighted by atomic mass is 32.2. The molecule has 3 heterocycles. The third kappa shape index (κ3) is 4.14. The molecule has 1 aromatic carbocycles. The fraction of sp³-hybridized carbons (Fsp3) is 0.478. The fourth-order valence-electron chi connectivity index (χ4n) is 4.82. The quantitative estimate of drug-likeness (QED) is 0.606. The summed E-state index contributed by atoms with van der Waals surface area (Å²) in [7, 11) is -3.67. The van der Waals surface area contributed by atoms with Crippen LogP contribution in [0.5, 0.6) is 0 Å². The van der Waals surface area contributed by atoms with Crippen LogP contribution in [0.3, 0.4) is 0 Å². The second-order valence-corrected chi connectivity index (χ2v) is 12.1. The first-order chi connectivity index (χ1) is 15.7. The predicted octanol–water partition coefficient (Wildman–Crippen LogP) is 3.32. The van der Waals surface area contributed by atoms with E-state index in [1.807, 2.05) is 6.92 Å². The van der Waals surface area contributed by atoms with Gasteiger partial charge in [-0.2, -0.15) is 4.31 Å². The third-order valence-corrected chi connectivity index (χ3v) is 9.91. The van der Waals surface area contributed by atoms with E-state index in [-0.39, 0.29) is 16.5 Å². The summed E-state index contributed by atoms with van der Waals surface area (Å²) in [6.07, 6.45) is 3.04. The molecule has 5 rings (SSSR count). The summed E-state index contributed by atoms with van der Waals surface area (Å²) in [4.78, 5) is 25.1. The highest BCUT2D eigenvalue weighted by Gasteiger charge is 2.31. The number of hydrogen-bond donors (Lipinski definition) is 1. The number of aromatic amines is 1. The monoisotopic (exact) mass is 490 g/mol. The Morgan fingerprint density at radius 1 is 1.18 bits per heavy atom. The van der Waals surface area contributed by atoms with Crippen molar-refractivity contribution in [2.75, 3.05) is 26.2 Å². The molecule has 0 spiro atoms. The first kappa shape index (κ1) is 22.6. The van der Waals surface area contributed by atoms with Crippen molar-refractivity contribution in [3.8, 4) is 0 Å². The first-order valence-corrected chi connectivity index (χ1v) is 13.5. The van der Waals surface area contributed by atoms with Crippen molar-refractivity contribution in [2.24, 2.45) is 5.92 Å². The van der Waals surface area contributed by atoms with E-state index in [2.05, 4.69) is 16.8 Å². The number of halogens is 1. The molecular formula is C23H27FN4O3S2. The van der Waals surface area contributed by atoms with Crippen LogP contribution in [-0.2, 0) is 22.9 Å². The molecule has 3 aromatic rings. The van der Waals surface area contributed by atoms with Gasteiger partial charge in [0.1, 0.15) is 16.5 Å². The molecule has 0 radical (unpaired) electrons. The Bertz CT molecular complexity index is 1340. The van der Waals surface area contributed by atoms with Crippen LogP contribution in [0.25, 0.3) is 10.2 Å². The van der Waals surface area contributed by atoms with Crippen LogP contribution in [0.1, 0.15) is 42.6 Å². The molecule has 0 amide bonds. The van der Waals surface area contributed by atoms with Gasteiger partial charge in [-0.1, -0.05) is 6.92 Å².